The topological polar surface area (TPSA) is 77.7 Å². The van der Waals surface area contributed by atoms with Crippen LogP contribution in [0.4, 0.5) is 5.69 Å². The third kappa shape index (κ3) is 7.05. The number of aromatic nitrogens is 1. The minimum absolute atomic E-state index is 0. The standard InChI is InChI=1S/C28H33N3O3.2ClH/c1-19(34-3)26(29)17-31(28(32)25-16-24(25)27-6-4-5-15-30-27)23-13-11-22(12-14-23)21-9-7-20(8-10-21)18-33-2;;/h4-15,19,24-26H,16-18,29H2,1-3H3;2*1H. The van der Waals surface area contributed by atoms with Gasteiger partial charge in [0.25, 0.3) is 0 Å². The summed E-state index contributed by atoms with van der Waals surface area (Å²) in [6.07, 6.45) is 2.43. The van der Waals surface area contributed by atoms with Gasteiger partial charge in [-0.3, -0.25) is 9.78 Å². The maximum absolute atomic E-state index is 13.6. The van der Waals surface area contributed by atoms with Crippen molar-refractivity contribution in [1.29, 1.82) is 0 Å². The Morgan fingerprint density at radius 1 is 1.03 bits per heavy atom. The number of carbonyl (C=O) groups excluding carboxylic acids is 1. The molecule has 4 rings (SSSR count). The second-order valence-corrected chi connectivity index (χ2v) is 8.93. The minimum Gasteiger partial charge on any atom is -0.380 e. The lowest BCUT2D eigenvalue weighted by Crippen LogP contribution is -2.47. The fraction of sp³-hybridized carbons (Fsp3) is 0.357. The van der Waals surface area contributed by atoms with Gasteiger partial charge in [-0.05, 0) is 54.3 Å². The predicted molar refractivity (Wildman–Crippen MR) is 149 cm³/mol. The lowest BCUT2D eigenvalue weighted by Gasteiger charge is -2.29. The molecule has 8 heteroatoms. The summed E-state index contributed by atoms with van der Waals surface area (Å²) in [5.41, 5.74) is 11.5. The Bertz CT molecular complexity index is 1080. The number of nitrogens with zero attached hydrogens (tertiary/aromatic N) is 2. The molecule has 3 aromatic rings. The van der Waals surface area contributed by atoms with Gasteiger partial charge in [-0.25, -0.2) is 0 Å². The Balaban J connectivity index is 0.00000228. The number of methoxy groups -OCH3 is 2. The highest BCUT2D eigenvalue weighted by molar-refractivity contribution is 5.97. The molecule has 36 heavy (non-hydrogen) atoms. The summed E-state index contributed by atoms with van der Waals surface area (Å²) in [5, 5.41) is 0. The number of benzene rings is 2. The summed E-state index contributed by atoms with van der Waals surface area (Å²) >= 11 is 0. The maximum Gasteiger partial charge on any atom is 0.230 e. The van der Waals surface area contributed by atoms with Crippen LogP contribution < -0.4 is 10.6 Å². The van der Waals surface area contributed by atoms with Crippen LogP contribution in [-0.2, 0) is 20.9 Å². The van der Waals surface area contributed by atoms with Crippen molar-refractivity contribution in [2.24, 2.45) is 11.7 Å². The van der Waals surface area contributed by atoms with E-state index in [9.17, 15) is 4.79 Å². The first-order valence-corrected chi connectivity index (χ1v) is 11.7. The first kappa shape index (κ1) is 29.7. The van der Waals surface area contributed by atoms with Crippen LogP contribution >= 0.6 is 24.8 Å². The first-order chi connectivity index (χ1) is 16.5. The van der Waals surface area contributed by atoms with E-state index in [-0.39, 0.29) is 54.7 Å². The van der Waals surface area contributed by atoms with Gasteiger partial charge in [0, 0.05) is 56.2 Å². The molecule has 194 valence electrons. The molecule has 1 aliphatic carbocycles. The zero-order valence-electron chi connectivity index (χ0n) is 20.9. The van der Waals surface area contributed by atoms with Crippen molar-refractivity contribution in [3.63, 3.8) is 0 Å². The summed E-state index contributed by atoms with van der Waals surface area (Å²) in [5.74, 6) is 0.177. The highest BCUT2D eigenvalue weighted by atomic mass is 35.5. The van der Waals surface area contributed by atoms with E-state index in [2.05, 4.69) is 41.4 Å². The number of halogens is 2. The molecule has 0 aliphatic heterocycles. The molecule has 0 spiro atoms. The number of hydrogen-bond acceptors (Lipinski definition) is 5. The van der Waals surface area contributed by atoms with Crippen molar-refractivity contribution >= 4 is 36.4 Å². The van der Waals surface area contributed by atoms with Gasteiger partial charge in [-0.1, -0.05) is 42.5 Å². The van der Waals surface area contributed by atoms with Crippen LogP contribution in [0.1, 0.15) is 30.5 Å². The zero-order chi connectivity index (χ0) is 24.1. The molecule has 1 fully saturated rings. The van der Waals surface area contributed by atoms with Crippen molar-refractivity contribution in [3.8, 4) is 11.1 Å². The highest BCUT2D eigenvalue weighted by Gasteiger charge is 2.47. The van der Waals surface area contributed by atoms with Gasteiger partial charge >= 0.3 is 0 Å². The van der Waals surface area contributed by atoms with E-state index in [1.54, 1.807) is 20.4 Å². The van der Waals surface area contributed by atoms with E-state index < -0.39 is 0 Å². The Morgan fingerprint density at radius 2 is 1.67 bits per heavy atom. The van der Waals surface area contributed by atoms with Crippen LogP contribution in [0.25, 0.3) is 11.1 Å². The Kier molecular flexibility index (Phi) is 11.3. The van der Waals surface area contributed by atoms with Gasteiger partial charge in [-0.15, -0.1) is 24.8 Å². The molecule has 1 amide bonds. The average molecular weight is 533 g/mol. The van der Waals surface area contributed by atoms with Crippen molar-refractivity contribution in [3.05, 3.63) is 84.2 Å². The molecular weight excluding hydrogens is 497 g/mol. The van der Waals surface area contributed by atoms with E-state index in [0.717, 1.165) is 34.5 Å². The molecule has 1 saturated carbocycles. The predicted octanol–water partition coefficient (Wildman–Crippen LogP) is 5.24. The molecule has 2 N–H and O–H groups in total. The largest absolute Gasteiger partial charge is 0.380 e. The maximum atomic E-state index is 13.6. The molecule has 2 aromatic carbocycles. The Hall–Kier alpha value is -2.48. The zero-order valence-corrected chi connectivity index (χ0v) is 22.5. The summed E-state index contributed by atoms with van der Waals surface area (Å²) < 4.78 is 10.6. The average Bonchev–Trinajstić information content (AvgIpc) is 3.69. The Morgan fingerprint density at radius 3 is 2.22 bits per heavy atom. The van der Waals surface area contributed by atoms with Crippen molar-refractivity contribution in [1.82, 2.24) is 4.98 Å². The van der Waals surface area contributed by atoms with Crippen molar-refractivity contribution in [2.45, 2.75) is 38.0 Å². The van der Waals surface area contributed by atoms with E-state index in [0.29, 0.717) is 13.2 Å². The summed E-state index contributed by atoms with van der Waals surface area (Å²) in [6.45, 7) is 2.92. The molecule has 1 aliphatic rings. The SMILES string of the molecule is COCc1ccc(-c2ccc(N(CC(N)C(C)OC)C(=O)C3CC3c3ccccn3)cc2)cc1.Cl.Cl. The quantitative estimate of drug-likeness (QED) is 0.387. The van der Waals surface area contributed by atoms with Crippen LogP contribution in [0.5, 0.6) is 0 Å². The second kappa shape index (κ2) is 13.7. The van der Waals surface area contributed by atoms with E-state index in [4.69, 9.17) is 15.2 Å². The van der Waals surface area contributed by atoms with E-state index in [1.807, 2.05) is 42.2 Å². The molecule has 6 nitrogen and oxygen atoms in total. The van der Waals surface area contributed by atoms with Crippen LogP contribution in [-0.4, -0.2) is 43.8 Å². The second-order valence-electron chi connectivity index (χ2n) is 8.93. The van der Waals surface area contributed by atoms with Crippen molar-refractivity contribution < 1.29 is 14.3 Å². The molecule has 1 aromatic heterocycles. The molecule has 4 atom stereocenters. The molecule has 1 heterocycles. The van der Waals surface area contributed by atoms with Crippen LogP contribution in [0, 0.1) is 5.92 Å². The molecule has 0 bridgehead atoms. The van der Waals surface area contributed by atoms with Gasteiger partial charge < -0.3 is 20.1 Å². The summed E-state index contributed by atoms with van der Waals surface area (Å²) in [6, 6.07) is 22.0. The van der Waals surface area contributed by atoms with Crippen LogP contribution in [0.15, 0.2) is 72.9 Å². The number of ether oxygens (including phenoxy) is 2. The third-order valence-electron chi connectivity index (χ3n) is 6.59. The number of nitrogens with two attached hydrogens (primary N) is 1. The van der Waals surface area contributed by atoms with E-state index >= 15 is 0 Å². The van der Waals surface area contributed by atoms with Gasteiger partial charge in [0.15, 0.2) is 0 Å². The molecule has 0 radical (unpaired) electrons. The number of rotatable bonds is 10. The normalized spacial score (nSPS) is 17.8. The van der Waals surface area contributed by atoms with Gasteiger partial charge in [0.05, 0.1) is 12.7 Å². The number of anilines is 1. The fourth-order valence-corrected chi connectivity index (χ4v) is 4.24. The molecule has 0 saturated heterocycles. The van der Waals surface area contributed by atoms with Crippen molar-refractivity contribution in [2.75, 3.05) is 25.7 Å². The van der Waals surface area contributed by atoms with Crippen LogP contribution in [0.2, 0.25) is 0 Å². The van der Waals surface area contributed by atoms with Gasteiger partial charge in [0.1, 0.15) is 0 Å². The van der Waals surface area contributed by atoms with Gasteiger partial charge in [0.2, 0.25) is 5.91 Å². The number of pyridine rings is 1. The molecule has 4 unspecified atom stereocenters. The first-order valence-electron chi connectivity index (χ1n) is 11.7. The summed E-state index contributed by atoms with van der Waals surface area (Å²) in [7, 11) is 3.33. The fourth-order valence-electron chi connectivity index (χ4n) is 4.24. The summed E-state index contributed by atoms with van der Waals surface area (Å²) in [4.78, 5) is 19.8. The smallest absolute Gasteiger partial charge is 0.230 e. The van der Waals surface area contributed by atoms with E-state index in [1.165, 1.54) is 0 Å². The highest BCUT2D eigenvalue weighted by Crippen LogP contribution is 2.48. The Labute approximate surface area is 226 Å². The number of amides is 1. The minimum atomic E-state index is -0.297. The third-order valence-corrected chi connectivity index (χ3v) is 6.59. The van der Waals surface area contributed by atoms with Crippen LogP contribution in [0.3, 0.4) is 0 Å². The number of carbonyl (C=O) groups is 1. The monoisotopic (exact) mass is 531 g/mol. The lowest BCUT2D eigenvalue weighted by molar-refractivity contribution is -0.120. The lowest BCUT2D eigenvalue weighted by atomic mass is 10.0. The molecular formula is C28H35Cl2N3O3. The van der Waals surface area contributed by atoms with Gasteiger partial charge in [-0.2, -0.15) is 0 Å². The number of hydrogen-bond donors (Lipinski definition) is 1.